The average Bonchev–Trinajstić information content (AvgIpc) is 3.15. The summed E-state index contributed by atoms with van der Waals surface area (Å²) in [7, 11) is 1.81. The SMILES string of the molecule is CCC1(c2cc(-c3ccc4cc(C=O)ccc4c3)ccc2OC)CC2CCC(C2)C1. The summed E-state index contributed by atoms with van der Waals surface area (Å²) < 4.78 is 5.87. The molecule has 0 aromatic heterocycles. The van der Waals surface area contributed by atoms with Crippen molar-refractivity contribution in [3.05, 3.63) is 65.7 Å². The number of carbonyl (C=O) groups excluding carboxylic acids is 1. The lowest BCUT2D eigenvalue weighted by molar-refractivity contribution is 0.112. The van der Waals surface area contributed by atoms with E-state index in [4.69, 9.17) is 4.74 Å². The smallest absolute Gasteiger partial charge is 0.150 e. The van der Waals surface area contributed by atoms with E-state index >= 15 is 0 Å². The summed E-state index contributed by atoms with van der Waals surface area (Å²) in [6.07, 6.45) is 8.91. The highest BCUT2D eigenvalue weighted by Gasteiger charge is 2.45. The van der Waals surface area contributed by atoms with Crippen molar-refractivity contribution in [1.29, 1.82) is 0 Å². The zero-order valence-electron chi connectivity index (χ0n) is 18.0. The zero-order valence-corrected chi connectivity index (χ0v) is 18.0. The van der Waals surface area contributed by atoms with Gasteiger partial charge in [-0.1, -0.05) is 50.1 Å². The maximum atomic E-state index is 11.1. The van der Waals surface area contributed by atoms with Crippen molar-refractivity contribution in [1.82, 2.24) is 0 Å². The Balaban J connectivity index is 1.59. The van der Waals surface area contributed by atoms with Crippen molar-refractivity contribution in [3.8, 4) is 16.9 Å². The molecule has 0 aliphatic heterocycles. The molecule has 0 spiro atoms. The van der Waals surface area contributed by atoms with E-state index in [2.05, 4.69) is 43.3 Å². The fraction of sp³-hybridized carbons (Fsp3) is 0.393. The molecule has 2 saturated carbocycles. The molecule has 2 nitrogen and oxygen atoms in total. The van der Waals surface area contributed by atoms with Crippen LogP contribution in [-0.4, -0.2) is 13.4 Å². The van der Waals surface area contributed by atoms with Crippen LogP contribution in [0.25, 0.3) is 21.9 Å². The van der Waals surface area contributed by atoms with Crippen LogP contribution in [0, 0.1) is 11.8 Å². The Bertz CT molecular complexity index is 1080. The molecule has 5 rings (SSSR count). The van der Waals surface area contributed by atoms with Gasteiger partial charge in [0.1, 0.15) is 12.0 Å². The third-order valence-corrected chi connectivity index (χ3v) is 7.79. The Morgan fingerprint density at radius 3 is 2.30 bits per heavy atom. The lowest BCUT2D eigenvalue weighted by Crippen LogP contribution is -2.33. The minimum atomic E-state index is 0.237. The van der Waals surface area contributed by atoms with Gasteiger partial charge in [-0.3, -0.25) is 4.79 Å². The largest absolute Gasteiger partial charge is 0.496 e. The molecule has 2 heteroatoms. The number of carbonyl (C=O) groups is 1. The topological polar surface area (TPSA) is 26.3 Å². The quantitative estimate of drug-likeness (QED) is 0.425. The van der Waals surface area contributed by atoms with E-state index in [1.54, 1.807) is 7.11 Å². The zero-order chi connectivity index (χ0) is 20.7. The maximum absolute atomic E-state index is 11.1. The van der Waals surface area contributed by atoms with Crippen LogP contribution in [0.5, 0.6) is 5.75 Å². The first kappa shape index (κ1) is 19.4. The van der Waals surface area contributed by atoms with Gasteiger partial charge in [0, 0.05) is 11.1 Å². The number of methoxy groups -OCH3 is 1. The molecule has 3 aromatic rings. The highest BCUT2D eigenvalue weighted by Crippen LogP contribution is 2.55. The van der Waals surface area contributed by atoms with Crippen LogP contribution in [-0.2, 0) is 5.41 Å². The van der Waals surface area contributed by atoms with Crippen LogP contribution in [0.4, 0.5) is 0 Å². The van der Waals surface area contributed by atoms with E-state index in [-0.39, 0.29) is 5.41 Å². The van der Waals surface area contributed by atoms with E-state index in [0.717, 1.165) is 40.2 Å². The molecule has 2 aliphatic rings. The first-order valence-electron chi connectivity index (χ1n) is 11.3. The lowest BCUT2D eigenvalue weighted by atomic mass is 9.63. The molecule has 0 N–H and O–H groups in total. The monoisotopic (exact) mass is 398 g/mol. The molecule has 0 heterocycles. The second-order valence-electron chi connectivity index (χ2n) is 9.44. The van der Waals surface area contributed by atoms with Crippen LogP contribution in [0.3, 0.4) is 0 Å². The summed E-state index contributed by atoms with van der Waals surface area (Å²) in [5.41, 5.74) is 4.83. The van der Waals surface area contributed by atoms with Gasteiger partial charge in [-0.25, -0.2) is 0 Å². The first-order chi connectivity index (χ1) is 14.6. The number of hydrogen-bond donors (Lipinski definition) is 0. The first-order valence-corrected chi connectivity index (χ1v) is 11.3. The Morgan fingerprint density at radius 1 is 0.933 bits per heavy atom. The molecule has 2 unspecified atom stereocenters. The van der Waals surface area contributed by atoms with E-state index < -0.39 is 0 Å². The summed E-state index contributed by atoms with van der Waals surface area (Å²) >= 11 is 0. The standard InChI is InChI=1S/C28H30O2/c1-3-28(16-19-4-5-20(12-19)17-28)26-15-25(10-11-27(26)30-2)24-9-8-22-13-21(18-29)6-7-23(22)14-24/h6-11,13-15,18-20H,3-5,12,16-17H2,1-2H3. The predicted octanol–water partition coefficient (Wildman–Crippen LogP) is 7.19. The third-order valence-electron chi connectivity index (χ3n) is 7.79. The average molecular weight is 399 g/mol. The maximum Gasteiger partial charge on any atom is 0.150 e. The molecule has 2 fully saturated rings. The minimum Gasteiger partial charge on any atom is -0.496 e. The molecule has 0 amide bonds. The number of hydrogen-bond acceptors (Lipinski definition) is 2. The fourth-order valence-electron chi connectivity index (χ4n) is 6.26. The number of benzene rings is 3. The van der Waals surface area contributed by atoms with Crippen molar-refractivity contribution in [2.75, 3.05) is 7.11 Å². The second-order valence-corrected chi connectivity index (χ2v) is 9.44. The Hall–Kier alpha value is -2.61. The molecule has 0 saturated heterocycles. The Morgan fingerprint density at radius 2 is 1.60 bits per heavy atom. The summed E-state index contributed by atoms with van der Waals surface area (Å²) in [5, 5.41) is 2.27. The summed E-state index contributed by atoms with van der Waals surface area (Å²) in [5.74, 6) is 2.80. The number of ether oxygens (including phenoxy) is 1. The van der Waals surface area contributed by atoms with Gasteiger partial charge >= 0.3 is 0 Å². The number of rotatable bonds is 5. The van der Waals surface area contributed by atoms with E-state index in [1.807, 2.05) is 18.2 Å². The molecule has 0 radical (unpaired) electrons. The summed E-state index contributed by atoms with van der Waals surface area (Å²) in [6, 6.07) is 19.2. The van der Waals surface area contributed by atoms with E-state index in [0.29, 0.717) is 0 Å². The minimum absolute atomic E-state index is 0.237. The van der Waals surface area contributed by atoms with E-state index in [9.17, 15) is 4.79 Å². The molecule has 2 bridgehead atoms. The van der Waals surface area contributed by atoms with E-state index in [1.165, 1.54) is 55.2 Å². The molecular weight excluding hydrogens is 368 g/mol. The van der Waals surface area contributed by atoms with Crippen molar-refractivity contribution in [3.63, 3.8) is 0 Å². The number of fused-ring (bicyclic) bond motifs is 3. The molecule has 3 aromatic carbocycles. The molecule has 154 valence electrons. The van der Waals surface area contributed by atoms with Gasteiger partial charge in [-0.05, 0) is 89.1 Å². The normalized spacial score (nSPS) is 25.4. The highest BCUT2D eigenvalue weighted by molar-refractivity contribution is 5.91. The van der Waals surface area contributed by atoms with Gasteiger partial charge < -0.3 is 4.74 Å². The summed E-state index contributed by atoms with van der Waals surface area (Å²) in [4.78, 5) is 11.1. The van der Waals surface area contributed by atoms with Crippen molar-refractivity contribution < 1.29 is 9.53 Å². The van der Waals surface area contributed by atoms with Crippen LogP contribution in [0.15, 0.2) is 54.6 Å². The number of aldehydes is 1. The molecular formula is C28H30O2. The van der Waals surface area contributed by atoms with Crippen molar-refractivity contribution in [2.24, 2.45) is 11.8 Å². The van der Waals surface area contributed by atoms with Gasteiger partial charge in [-0.2, -0.15) is 0 Å². The predicted molar refractivity (Wildman–Crippen MR) is 123 cm³/mol. The lowest BCUT2D eigenvalue weighted by Gasteiger charge is -2.41. The van der Waals surface area contributed by atoms with Gasteiger partial charge in [0.25, 0.3) is 0 Å². The van der Waals surface area contributed by atoms with Gasteiger partial charge in [0.15, 0.2) is 0 Å². The van der Waals surface area contributed by atoms with Crippen LogP contribution in [0.2, 0.25) is 0 Å². The van der Waals surface area contributed by atoms with Gasteiger partial charge in [0.05, 0.1) is 7.11 Å². The van der Waals surface area contributed by atoms with Crippen LogP contribution < -0.4 is 4.74 Å². The fourth-order valence-corrected chi connectivity index (χ4v) is 6.26. The Kier molecular flexibility index (Phi) is 4.89. The van der Waals surface area contributed by atoms with Crippen molar-refractivity contribution >= 4 is 17.1 Å². The van der Waals surface area contributed by atoms with Gasteiger partial charge in [-0.15, -0.1) is 0 Å². The van der Waals surface area contributed by atoms with Crippen LogP contribution >= 0.6 is 0 Å². The summed E-state index contributed by atoms with van der Waals surface area (Å²) in [6.45, 7) is 2.36. The third kappa shape index (κ3) is 3.23. The van der Waals surface area contributed by atoms with Crippen molar-refractivity contribution in [2.45, 2.75) is 50.9 Å². The molecule has 30 heavy (non-hydrogen) atoms. The highest BCUT2D eigenvalue weighted by atomic mass is 16.5. The second kappa shape index (κ2) is 7.58. The van der Waals surface area contributed by atoms with Gasteiger partial charge in [0.2, 0.25) is 0 Å². The molecule has 2 atom stereocenters. The van der Waals surface area contributed by atoms with Crippen LogP contribution in [0.1, 0.15) is 61.4 Å². The molecule has 2 aliphatic carbocycles. The Labute approximate surface area is 179 Å².